The van der Waals surface area contributed by atoms with E-state index in [4.69, 9.17) is 4.74 Å². The first-order valence-corrected chi connectivity index (χ1v) is 10.2. The summed E-state index contributed by atoms with van der Waals surface area (Å²) in [6.45, 7) is 2.20. The number of carbonyl (C=O) groups excluding carboxylic acids is 1. The molecular formula is C20H35NO2. The maximum atomic E-state index is 12.2. The van der Waals surface area contributed by atoms with E-state index in [0.717, 1.165) is 37.8 Å². The molecule has 3 nitrogen and oxygen atoms in total. The fraction of sp³-hybridized carbons (Fsp3) is 0.950. The molecular weight excluding hydrogens is 286 g/mol. The molecule has 3 heteroatoms. The van der Waals surface area contributed by atoms with Gasteiger partial charge in [-0.15, -0.1) is 0 Å². The fourth-order valence-electron chi connectivity index (χ4n) is 4.85. The van der Waals surface area contributed by atoms with Crippen LogP contribution in [-0.4, -0.2) is 36.6 Å². The molecule has 3 rings (SSSR count). The summed E-state index contributed by atoms with van der Waals surface area (Å²) in [5.74, 6) is 2.15. The summed E-state index contributed by atoms with van der Waals surface area (Å²) in [6.07, 6.45) is 17.7. The lowest BCUT2D eigenvalue weighted by atomic mass is 9.77. The van der Waals surface area contributed by atoms with Crippen LogP contribution in [0.1, 0.15) is 83.5 Å². The van der Waals surface area contributed by atoms with Crippen molar-refractivity contribution in [2.75, 3.05) is 19.7 Å². The minimum absolute atomic E-state index is 0.217. The van der Waals surface area contributed by atoms with E-state index < -0.39 is 0 Å². The highest BCUT2D eigenvalue weighted by molar-refractivity contribution is 5.77. The van der Waals surface area contributed by atoms with Gasteiger partial charge < -0.3 is 9.64 Å². The zero-order valence-corrected chi connectivity index (χ0v) is 14.8. The predicted octanol–water partition coefficient (Wildman–Crippen LogP) is 4.54. The number of ether oxygens (including phenoxy) is 1. The first-order valence-electron chi connectivity index (χ1n) is 10.2. The number of rotatable bonds is 5. The second kappa shape index (κ2) is 9.05. The molecule has 3 aliphatic rings. The molecule has 132 valence electrons. The topological polar surface area (TPSA) is 29.5 Å². The summed E-state index contributed by atoms with van der Waals surface area (Å²) in [5.41, 5.74) is 0. The molecule has 0 aromatic heterocycles. The van der Waals surface area contributed by atoms with Crippen molar-refractivity contribution < 1.29 is 9.53 Å². The van der Waals surface area contributed by atoms with Crippen molar-refractivity contribution in [2.24, 2.45) is 11.8 Å². The lowest BCUT2D eigenvalue weighted by Gasteiger charge is -2.33. The molecule has 1 amide bonds. The number of likely N-dealkylation sites (tertiary alicyclic amines) is 1. The smallest absolute Gasteiger partial charge is 0.248 e. The van der Waals surface area contributed by atoms with Gasteiger partial charge in [-0.3, -0.25) is 4.79 Å². The molecule has 0 bridgehead atoms. The number of nitrogens with zero attached hydrogens (tertiary/aromatic N) is 1. The van der Waals surface area contributed by atoms with Crippen LogP contribution in [0, 0.1) is 11.8 Å². The third-order valence-corrected chi connectivity index (χ3v) is 6.34. The van der Waals surface area contributed by atoms with Gasteiger partial charge in [0.1, 0.15) is 6.61 Å². The van der Waals surface area contributed by atoms with Crippen molar-refractivity contribution in [3.63, 3.8) is 0 Å². The zero-order chi connectivity index (χ0) is 15.9. The van der Waals surface area contributed by atoms with Gasteiger partial charge in [-0.2, -0.15) is 0 Å². The Balaban J connectivity index is 1.30. The Hall–Kier alpha value is -0.570. The van der Waals surface area contributed by atoms with Crippen LogP contribution < -0.4 is 0 Å². The van der Waals surface area contributed by atoms with Crippen molar-refractivity contribution in [1.82, 2.24) is 4.90 Å². The maximum Gasteiger partial charge on any atom is 0.248 e. The number of hydrogen-bond acceptors (Lipinski definition) is 2. The number of hydrogen-bond donors (Lipinski definition) is 0. The van der Waals surface area contributed by atoms with Gasteiger partial charge in [-0.25, -0.2) is 0 Å². The van der Waals surface area contributed by atoms with E-state index in [0.29, 0.717) is 12.7 Å². The molecule has 0 aromatic carbocycles. The first-order chi connectivity index (χ1) is 11.3. The van der Waals surface area contributed by atoms with Gasteiger partial charge in [0.05, 0.1) is 6.10 Å². The Bertz CT molecular complexity index is 351. The van der Waals surface area contributed by atoms with Crippen molar-refractivity contribution in [3.05, 3.63) is 0 Å². The molecule has 0 aromatic rings. The number of piperidine rings is 1. The molecule has 3 fully saturated rings. The van der Waals surface area contributed by atoms with E-state index in [1.165, 1.54) is 70.6 Å². The van der Waals surface area contributed by atoms with Crippen LogP contribution in [0.5, 0.6) is 0 Å². The molecule has 1 aliphatic heterocycles. The third kappa shape index (κ3) is 5.48. The lowest BCUT2D eigenvalue weighted by molar-refractivity contribution is -0.140. The average Bonchev–Trinajstić information content (AvgIpc) is 2.62. The van der Waals surface area contributed by atoms with E-state index in [9.17, 15) is 4.79 Å². The second-order valence-corrected chi connectivity index (χ2v) is 8.13. The number of amides is 1. The predicted molar refractivity (Wildman–Crippen MR) is 93.3 cm³/mol. The Morgan fingerprint density at radius 2 is 1.39 bits per heavy atom. The van der Waals surface area contributed by atoms with Crippen LogP contribution in [0.2, 0.25) is 0 Å². The Morgan fingerprint density at radius 3 is 2.09 bits per heavy atom. The summed E-state index contributed by atoms with van der Waals surface area (Å²) >= 11 is 0. The monoisotopic (exact) mass is 321 g/mol. The summed E-state index contributed by atoms with van der Waals surface area (Å²) in [6, 6.07) is 0. The summed E-state index contributed by atoms with van der Waals surface area (Å²) in [7, 11) is 0. The molecule has 2 aliphatic carbocycles. The fourth-order valence-corrected chi connectivity index (χ4v) is 4.85. The van der Waals surface area contributed by atoms with E-state index >= 15 is 0 Å². The van der Waals surface area contributed by atoms with Crippen LogP contribution in [0.4, 0.5) is 0 Å². The highest BCUT2D eigenvalue weighted by atomic mass is 16.5. The highest BCUT2D eigenvalue weighted by Gasteiger charge is 2.26. The maximum absolute atomic E-state index is 12.2. The Kier molecular flexibility index (Phi) is 6.79. The van der Waals surface area contributed by atoms with Crippen LogP contribution >= 0.6 is 0 Å². The summed E-state index contributed by atoms with van der Waals surface area (Å²) < 4.78 is 5.95. The average molecular weight is 322 g/mol. The number of carbonyl (C=O) groups is 1. The highest BCUT2D eigenvalue weighted by Crippen LogP contribution is 2.35. The third-order valence-electron chi connectivity index (χ3n) is 6.34. The van der Waals surface area contributed by atoms with E-state index in [1.54, 1.807) is 0 Å². The quantitative estimate of drug-likeness (QED) is 0.744. The van der Waals surface area contributed by atoms with Crippen LogP contribution in [0.15, 0.2) is 0 Å². The van der Waals surface area contributed by atoms with Gasteiger partial charge in [-0.1, -0.05) is 32.1 Å². The van der Waals surface area contributed by atoms with Crippen molar-refractivity contribution in [3.8, 4) is 0 Å². The summed E-state index contributed by atoms with van der Waals surface area (Å²) in [5, 5.41) is 0. The molecule has 2 saturated carbocycles. The van der Waals surface area contributed by atoms with Crippen LogP contribution in [0.25, 0.3) is 0 Å². The normalized spacial score (nSPS) is 30.3. The van der Waals surface area contributed by atoms with Gasteiger partial charge in [0, 0.05) is 13.1 Å². The van der Waals surface area contributed by atoms with Gasteiger partial charge in [0.25, 0.3) is 0 Å². The molecule has 0 atom stereocenters. The molecule has 0 radical (unpaired) electrons. The largest absolute Gasteiger partial charge is 0.368 e. The van der Waals surface area contributed by atoms with Gasteiger partial charge in [0.15, 0.2) is 0 Å². The molecule has 23 heavy (non-hydrogen) atoms. The van der Waals surface area contributed by atoms with E-state index in [-0.39, 0.29) is 5.91 Å². The van der Waals surface area contributed by atoms with E-state index in [2.05, 4.69) is 0 Å². The summed E-state index contributed by atoms with van der Waals surface area (Å²) in [4.78, 5) is 14.2. The molecule has 1 heterocycles. The SMILES string of the molecule is O=C(COC1CCC(CC2CCCCC2)CC1)N1CCCCC1. The van der Waals surface area contributed by atoms with Crippen molar-refractivity contribution in [2.45, 2.75) is 89.6 Å². The second-order valence-electron chi connectivity index (χ2n) is 8.13. The molecule has 0 unspecified atom stereocenters. The van der Waals surface area contributed by atoms with Crippen molar-refractivity contribution >= 4 is 5.91 Å². The van der Waals surface area contributed by atoms with Gasteiger partial charge >= 0.3 is 0 Å². The molecule has 1 saturated heterocycles. The van der Waals surface area contributed by atoms with Crippen molar-refractivity contribution in [1.29, 1.82) is 0 Å². The Morgan fingerprint density at radius 1 is 0.783 bits per heavy atom. The minimum Gasteiger partial charge on any atom is -0.368 e. The molecule has 0 N–H and O–H groups in total. The zero-order valence-electron chi connectivity index (χ0n) is 14.8. The van der Waals surface area contributed by atoms with E-state index in [1.807, 2.05) is 4.90 Å². The van der Waals surface area contributed by atoms with Gasteiger partial charge in [-0.05, 0) is 63.2 Å². The molecule has 0 spiro atoms. The Labute approximate surface area is 142 Å². The van der Waals surface area contributed by atoms with Gasteiger partial charge in [0.2, 0.25) is 5.91 Å². The van der Waals surface area contributed by atoms with Crippen LogP contribution in [0.3, 0.4) is 0 Å². The van der Waals surface area contributed by atoms with Crippen LogP contribution in [-0.2, 0) is 9.53 Å². The first kappa shape index (κ1) is 17.3. The standard InChI is InChI=1S/C20H35NO2/c22-20(21-13-5-2-6-14-21)16-23-19-11-9-18(10-12-19)15-17-7-3-1-4-8-17/h17-19H,1-16H2. The lowest BCUT2D eigenvalue weighted by Crippen LogP contribution is -2.39. The minimum atomic E-state index is 0.217.